The maximum Gasteiger partial charge on any atom is 0.306 e. The molecule has 92 valence electrons. The van der Waals surface area contributed by atoms with Gasteiger partial charge in [0.05, 0.1) is 0 Å². The van der Waals surface area contributed by atoms with Crippen LogP contribution in [0.5, 0.6) is 0 Å². The summed E-state index contributed by atoms with van der Waals surface area (Å²) in [5.41, 5.74) is 1.16. The number of ether oxygens (including phenoxy) is 1. The standard InChI is InChI=1S/C14H18O3/c1-14(2,3)17-13(16)8-7-11-5-4-6-12(9-11)10-15/h4-6,9-10H,7-8H2,1-3H3. The van der Waals surface area contributed by atoms with Crippen molar-refractivity contribution in [3.63, 3.8) is 0 Å². The zero-order valence-corrected chi connectivity index (χ0v) is 10.5. The van der Waals surface area contributed by atoms with Crippen LogP contribution in [-0.4, -0.2) is 17.9 Å². The van der Waals surface area contributed by atoms with E-state index in [1.165, 1.54) is 0 Å². The second-order valence-corrected chi connectivity index (χ2v) is 4.95. The first-order valence-corrected chi connectivity index (χ1v) is 5.67. The first-order valence-electron chi connectivity index (χ1n) is 5.67. The van der Waals surface area contributed by atoms with Gasteiger partial charge in [-0.25, -0.2) is 0 Å². The molecule has 17 heavy (non-hydrogen) atoms. The number of hydrogen-bond acceptors (Lipinski definition) is 3. The van der Waals surface area contributed by atoms with Gasteiger partial charge in [-0.05, 0) is 38.8 Å². The molecule has 0 amide bonds. The van der Waals surface area contributed by atoms with Gasteiger partial charge >= 0.3 is 5.97 Å². The van der Waals surface area contributed by atoms with Crippen LogP contribution in [0.3, 0.4) is 0 Å². The van der Waals surface area contributed by atoms with Gasteiger partial charge in [0, 0.05) is 12.0 Å². The van der Waals surface area contributed by atoms with E-state index in [9.17, 15) is 9.59 Å². The smallest absolute Gasteiger partial charge is 0.306 e. The molecule has 0 heterocycles. The minimum Gasteiger partial charge on any atom is -0.460 e. The minimum absolute atomic E-state index is 0.214. The topological polar surface area (TPSA) is 43.4 Å². The van der Waals surface area contributed by atoms with Crippen LogP contribution < -0.4 is 0 Å². The number of esters is 1. The van der Waals surface area contributed by atoms with Crippen LogP contribution in [0, 0.1) is 0 Å². The molecule has 0 aromatic heterocycles. The highest BCUT2D eigenvalue weighted by molar-refractivity contribution is 5.75. The SMILES string of the molecule is CC(C)(C)OC(=O)CCc1cccc(C=O)c1. The normalized spacial score (nSPS) is 11.0. The van der Waals surface area contributed by atoms with Gasteiger partial charge in [-0.1, -0.05) is 18.2 Å². The van der Waals surface area contributed by atoms with Crippen LogP contribution in [0.15, 0.2) is 24.3 Å². The van der Waals surface area contributed by atoms with Crippen molar-refractivity contribution in [2.45, 2.75) is 39.2 Å². The van der Waals surface area contributed by atoms with E-state index in [0.29, 0.717) is 18.4 Å². The van der Waals surface area contributed by atoms with Crippen molar-refractivity contribution in [3.8, 4) is 0 Å². The van der Waals surface area contributed by atoms with Crippen LogP contribution in [0.1, 0.15) is 43.1 Å². The Hall–Kier alpha value is -1.64. The molecule has 1 rings (SSSR count). The lowest BCUT2D eigenvalue weighted by Crippen LogP contribution is -2.24. The summed E-state index contributed by atoms with van der Waals surface area (Å²) in [6.07, 6.45) is 1.73. The third-order valence-electron chi connectivity index (χ3n) is 2.12. The summed E-state index contributed by atoms with van der Waals surface area (Å²) in [4.78, 5) is 22.1. The number of carbonyl (C=O) groups is 2. The van der Waals surface area contributed by atoms with E-state index in [0.717, 1.165) is 11.8 Å². The van der Waals surface area contributed by atoms with Crippen LogP contribution in [0.4, 0.5) is 0 Å². The van der Waals surface area contributed by atoms with E-state index in [1.54, 1.807) is 12.1 Å². The predicted octanol–water partition coefficient (Wildman–Crippen LogP) is 2.77. The summed E-state index contributed by atoms with van der Waals surface area (Å²) in [5, 5.41) is 0. The number of hydrogen-bond donors (Lipinski definition) is 0. The van der Waals surface area contributed by atoms with Gasteiger partial charge in [0.15, 0.2) is 0 Å². The van der Waals surface area contributed by atoms with E-state index in [-0.39, 0.29) is 5.97 Å². The quantitative estimate of drug-likeness (QED) is 0.594. The summed E-state index contributed by atoms with van der Waals surface area (Å²) in [5.74, 6) is -0.214. The zero-order chi connectivity index (χ0) is 12.9. The summed E-state index contributed by atoms with van der Waals surface area (Å²) in [6.45, 7) is 5.54. The van der Waals surface area contributed by atoms with E-state index in [1.807, 2.05) is 32.9 Å². The van der Waals surface area contributed by atoms with Crippen molar-refractivity contribution in [1.82, 2.24) is 0 Å². The first-order chi connectivity index (χ1) is 7.90. The van der Waals surface area contributed by atoms with Crippen molar-refractivity contribution in [1.29, 1.82) is 0 Å². The maximum atomic E-state index is 11.5. The highest BCUT2D eigenvalue weighted by Gasteiger charge is 2.15. The summed E-state index contributed by atoms with van der Waals surface area (Å²) in [7, 11) is 0. The van der Waals surface area contributed by atoms with Crippen molar-refractivity contribution in [2.75, 3.05) is 0 Å². The van der Waals surface area contributed by atoms with Gasteiger partial charge in [-0.15, -0.1) is 0 Å². The van der Waals surface area contributed by atoms with E-state index >= 15 is 0 Å². The molecule has 0 radical (unpaired) electrons. The lowest BCUT2D eigenvalue weighted by Gasteiger charge is -2.19. The van der Waals surface area contributed by atoms with Crippen LogP contribution >= 0.6 is 0 Å². The average Bonchev–Trinajstić information content (AvgIpc) is 2.24. The maximum absolute atomic E-state index is 11.5. The fourth-order valence-corrected chi connectivity index (χ4v) is 1.46. The number of rotatable bonds is 4. The Morgan fingerprint density at radius 2 is 2.06 bits per heavy atom. The molecular formula is C14H18O3. The van der Waals surface area contributed by atoms with E-state index in [4.69, 9.17) is 4.74 Å². The van der Waals surface area contributed by atoms with E-state index < -0.39 is 5.60 Å². The van der Waals surface area contributed by atoms with Crippen molar-refractivity contribution in [2.24, 2.45) is 0 Å². The molecule has 0 aliphatic heterocycles. The number of carbonyl (C=O) groups excluding carboxylic acids is 2. The van der Waals surface area contributed by atoms with Gasteiger partial charge in [-0.3, -0.25) is 9.59 Å². The molecule has 0 aliphatic carbocycles. The van der Waals surface area contributed by atoms with Gasteiger partial charge in [0.2, 0.25) is 0 Å². The molecule has 0 unspecified atom stereocenters. The fourth-order valence-electron chi connectivity index (χ4n) is 1.46. The van der Waals surface area contributed by atoms with Gasteiger partial charge in [-0.2, -0.15) is 0 Å². The Balaban J connectivity index is 2.50. The number of aryl methyl sites for hydroxylation is 1. The molecule has 0 N–H and O–H groups in total. The molecule has 0 saturated heterocycles. The summed E-state index contributed by atoms with van der Waals surface area (Å²) in [6, 6.07) is 7.24. The Morgan fingerprint density at radius 1 is 1.35 bits per heavy atom. The third kappa shape index (κ3) is 5.29. The fraction of sp³-hybridized carbons (Fsp3) is 0.429. The van der Waals surface area contributed by atoms with Crippen molar-refractivity contribution < 1.29 is 14.3 Å². The molecule has 0 bridgehead atoms. The van der Waals surface area contributed by atoms with Crippen molar-refractivity contribution in [3.05, 3.63) is 35.4 Å². The molecular weight excluding hydrogens is 216 g/mol. The Labute approximate surface area is 102 Å². The second kappa shape index (κ2) is 5.62. The molecule has 0 fully saturated rings. The Morgan fingerprint density at radius 3 is 2.65 bits per heavy atom. The molecule has 3 nitrogen and oxygen atoms in total. The molecule has 3 heteroatoms. The first kappa shape index (κ1) is 13.4. The highest BCUT2D eigenvalue weighted by Crippen LogP contribution is 2.11. The lowest BCUT2D eigenvalue weighted by atomic mass is 10.1. The highest BCUT2D eigenvalue weighted by atomic mass is 16.6. The second-order valence-electron chi connectivity index (χ2n) is 4.95. The Bertz CT molecular complexity index is 402. The third-order valence-corrected chi connectivity index (χ3v) is 2.12. The van der Waals surface area contributed by atoms with Gasteiger partial charge < -0.3 is 4.74 Å². The zero-order valence-electron chi connectivity index (χ0n) is 10.5. The molecule has 0 atom stereocenters. The monoisotopic (exact) mass is 234 g/mol. The molecule has 1 aromatic carbocycles. The molecule has 1 aromatic rings. The lowest BCUT2D eigenvalue weighted by molar-refractivity contribution is -0.154. The van der Waals surface area contributed by atoms with E-state index in [2.05, 4.69) is 0 Å². The largest absolute Gasteiger partial charge is 0.460 e. The van der Waals surface area contributed by atoms with Crippen LogP contribution in [-0.2, 0) is 16.0 Å². The summed E-state index contributed by atoms with van der Waals surface area (Å²) < 4.78 is 5.21. The predicted molar refractivity (Wildman–Crippen MR) is 66.0 cm³/mol. The summed E-state index contributed by atoms with van der Waals surface area (Å²) >= 11 is 0. The number of benzene rings is 1. The Kier molecular flexibility index (Phi) is 4.44. The number of aldehydes is 1. The average molecular weight is 234 g/mol. The van der Waals surface area contributed by atoms with Crippen LogP contribution in [0.2, 0.25) is 0 Å². The molecule has 0 aliphatic rings. The van der Waals surface area contributed by atoms with Gasteiger partial charge in [0.1, 0.15) is 11.9 Å². The van der Waals surface area contributed by atoms with Gasteiger partial charge in [0.25, 0.3) is 0 Å². The molecule has 0 saturated carbocycles. The van der Waals surface area contributed by atoms with Crippen molar-refractivity contribution >= 4 is 12.3 Å². The van der Waals surface area contributed by atoms with Crippen LogP contribution in [0.25, 0.3) is 0 Å². The minimum atomic E-state index is -0.443. The molecule has 0 spiro atoms.